The topological polar surface area (TPSA) is 17.1 Å². The Morgan fingerprint density at radius 1 is 1.20 bits per heavy atom. The molecule has 3 rings (SSSR count). The second-order valence-corrected chi connectivity index (χ2v) is 10.6. The van der Waals surface area contributed by atoms with E-state index in [0.717, 1.165) is 31.0 Å². The second kappa shape index (κ2) is 6.47. The van der Waals surface area contributed by atoms with Gasteiger partial charge in [0.1, 0.15) is 0 Å². The van der Waals surface area contributed by atoms with Gasteiger partial charge in [-0.05, 0) is 0 Å². The average molecular weight is 397 g/mol. The number of halogens is 1. The third kappa shape index (κ3) is 2.74. The third-order valence-electron chi connectivity index (χ3n) is 4.01. The molecule has 0 aromatic heterocycles. The molecule has 0 N–H and O–H groups in total. The van der Waals surface area contributed by atoms with Gasteiger partial charge in [0.15, 0.2) is 0 Å². The van der Waals surface area contributed by atoms with Crippen LogP contribution >= 0.6 is 7.14 Å². The first-order chi connectivity index (χ1) is 9.82. The van der Waals surface area contributed by atoms with Crippen LogP contribution in [0.5, 0.6) is 0 Å². The van der Waals surface area contributed by atoms with E-state index >= 15 is 0 Å². The molecule has 1 nitrogen and oxygen atoms in total. The molecule has 3 heteroatoms. The Hall–Kier alpha value is -0.560. The third-order valence-corrected chi connectivity index (χ3v) is 9.34. The number of hydrogen-bond acceptors (Lipinski definition) is 1. The van der Waals surface area contributed by atoms with E-state index in [4.69, 9.17) is 0 Å². The van der Waals surface area contributed by atoms with Crippen LogP contribution in [0.2, 0.25) is 0 Å². The number of hydrogen-bond donors (Lipinski definition) is 0. The van der Waals surface area contributed by atoms with Crippen molar-refractivity contribution in [3.63, 3.8) is 0 Å². The summed E-state index contributed by atoms with van der Waals surface area (Å²) < 4.78 is 18.5. The van der Waals surface area contributed by atoms with Gasteiger partial charge in [-0.1, -0.05) is 0 Å². The first-order valence-corrected chi connectivity index (χ1v) is 11.5. The molecule has 106 valence electrons. The van der Waals surface area contributed by atoms with Crippen LogP contribution in [-0.4, -0.2) is 11.3 Å². The van der Waals surface area contributed by atoms with Gasteiger partial charge in [-0.25, -0.2) is 0 Å². The van der Waals surface area contributed by atoms with Crippen LogP contribution < -0.4 is 21.2 Å². The molecule has 2 atom stereocenters. The summed E-state index contributed by atoms with van der Waals surface area (Å²) in [6.45, 7) is 0. The first-order valence-electron chi connectivity index (χ1n) is 7.15. The van der Waals surface area contributed by atoms with Gasteiger partial charge in [-0.15, -0.1) is 0 Å². The molecule has 20 heavy (non-hydrogen) atoms. The summed E-state index contributed by atoms with van der Waals surface area (Å²) in [6, 6.07) is 0. The van der Waals surface area contributed by atoms with Crippen molar-refractivity contribution in [3.8, 4) is 0 Å². The normalized spacial score (nSPS) is 28.8. The molecule has 2 aliphatic carbocycles. The van der Waals surface area contributed by atoms with E-state index in [1.807, 2.05) is 6.08 Å². The molecule has 0 saturated heterocycles. The molecule has 0 aromatic rings. The summed E-state index contributed by atoms with van der Waals surface area (Å²) in [5.41, 5.74) is 3.56. The zero-order valence-corrected chi connectivity index (χ0v) is 14.5. The molecule has 0 radical (unpaired) electrons. The van der Waals surface area contributed by atoms with Crippen LogP contribution in [0.25, 0.3) is 0 Å². The maximum absolute atomic E-state index is 14.0. The van der Waals surface area contributed by atoms with Gasteiger partial charge in [0.2, 0.25) is 0 Å². The van der Waals surface area contributed by atoms with Crippen molar-refractivity contribution in [1.29, 1.82) is 0 Å². The van der Waals surface area contributed by atoms with E-state index in [1.165, 1.54) is 0 Å². The summed E-state index contributed by atoms with van der Waals surface area (Å²) in [4.78, 5) is 0. The van der Waals surface area contributed by atoms with Crippen molar-refractivity contribution >= 4 is 7.14 Å². The Morgan fingerprint density at radius 3 is 2.70 bits per heavy atom. The molecule has 2 unspecified atom stereocenters. The Bertz CT molecular complexity index is 590. The predicted octanol–water partition coefficient (Wildman–Crippen LogP) is 1.96. The fourth-order valence-electron chi connectivity index (χ4n) is 2.95. The van der Waals surface area contributed by atoms with Gasteiger partial charge in [-0.2, -0.15) is 0 Å². The van der Waals surface area contributed by atoms with Gasteiger partial charge < -0.3 is 0 Å². The molecule has 1 heterocycles. The van der Waals surface area contributed by atoms with Crippen molar-refractivity contribution in [2.24, 2.45) is 0 Å². The van der Waals surface area contributed by atoms with E-state index in [-0.39, 0.29) is 32.5 Å². The number of allylic oxidation sites excluding steroid dienone is 7. The van der Waals surface area contributed by atoms with Crippen molar-refractivity contribution in [2.45, 2.75) is 37.0 Å². The molecule has 1 aliphatic heterocycles. The second-order valence-electron chi connectivity index (χ2n) is 5.26. The summed E-state index contributed by atoms with van der Waals surface area (Å²) in [5.74, 6) is 0. The fraction of sp³-hybridized carbons (Fsp3) is 0.353. The zero-order chi connectivity index (χ0) is 13.8. The molecular formula is C17H19IOP-. The van der Waals surface area contributed by atoms with Gasteiger partial charge >= 0.3 is 132 Å². The van der Waals surface area contributed by atoms with Gasteiger partial charge in [0.25, 0.3) is 0 Å². The van der Waals surface area contributed by atoms with Crippen LogP contribution in [0.3, 0.4) is 0 Å². The Kier molecular flexibility index (Phi) is 4.65. The van der Waals surface area contributed by atoms with Crippen molar-refractivity contribution in [2.75, 3.05) is 0 Å². The molecule has 0 amide bonds. The molecule has 0 saturated carbocycles. The van der Waals surface area contributed by atoms with E-state index in [1.54, 1.807) is 0 Å². The van der Waals surface area contributed by atoms with Crippen molar-refractivity contribution < 1.29 is 25.8 Å². The molecular weight excluding hydrogens is 378 g/mol. The predicted molar refractivity (Wildman–Crippen MR) is 81.8 cm³/mol. The summed E-state index contributed by atoms with van der Waals surface area (Å²) in [5, 5.41) is 0.944. The SMILES string of the molecule is O=P(C1=C=CCC=C1)(C1C=C[I-]C=C1)C1C=CCCC1. The molecule has 3 aliphatic rings. The standard InChI is InChI=1S/C17H19IOP/c19-20(15-7-3-1-4-8-15,16-9-5-2-6-10-16)17-11-13-18-14-12-17/h3-5,7,9,11-14,16-17H,1-2,6,10H2/q-1. The quantitative estimate of drug-likeness (QED) is 0.308. The summed E-state index contributed by atoms with van der Waals surface area (Å²) >= 11 is 0.0462. The average Bonchev–Trinajstić information content (AvgIpc) is 2.56. The summed E-state index contributed by atoms with van der Waals surface area (Å²) in [6.07, 6.45) is 19.2. The first kappa shape index (κ1) is 14.4. The van der Waals surface area contributed by atoms with E-state index in [0.29, 0.717) is 0 Å². The molecule has 0 spiro atoms. The summed E-state index contributed by atoms with van der Waals surface area (Å²) in [7, 11) is -2.50. The minimum absolute atomic E-state index is 0.0462. The van der Waals surface area contributed by atoms with Crippen LogP contribution in [0.4, 0.5) is 0 Å². The fourth-order valence-corrected chi connectivity index (χ4v) is 8.60. The van der Waals surface area contributed by atoms with E-state index in [9.17, 15) is 4.57 Å². The van der Waals surface area contributed by atoms with Crippen LogP contribution in [-0.2, 0) is 4.57 Å². The van der Waals surface area contributed by atoms with Crippen LogP contribution in [0.15, 0.2) is 61.7 Å². The van der Waals surface area contributed by atoms with Crippen molar-refractivity contribution in [1.82, 2.24) is 0 Å². The van der Waals surface area contributed by atoms with Crippen molar-refractivity contribution in [3.05, 3.63) is 61.7 Å². The molecule has 0 aromatic carbocycles. The zero-order valence-electron chi connectivity index (χ0n) is 11.4. The minimum atomic E-state index is -2.50. The Balaban J connectivity index is 2.06. The van der Waals surface area contributed by atoms with Crippen LogP contribution in [0, 0.1) is 0 Å². The monoisotopic (exact) mass is 397 g/mol. The maximum atomic E-state index is 14.0. The molecule has 0 bridgehead atoms. The number of rotatable bonds is 3. The van der Waals surface area contributed by atoms with E-state index in [2.05, 4.69) is 50.4 Å². The van der Waals surface area contributed by atoms with Gasteiger partial charge in [0.05, 0.1) is 0 Å². The Labute approximate surface area is 131 Å². The Morgan fingerprint density at radius 2 is 2.05 bits per heavy atom. The van der Waals surface area contributed by atoms with Gasteiger partial charge in [-0.3, -0.25) is 0 Å². The molecule has 0 fully saturated rings. The van der Waals surface area contributed by atoms with E-state index < -0.39 is 7.14 Å². The van der Waals surface area contributed by atoms with Crippen LogP contribution in [0.1, 0.15) is 25.7 Å². The van der Waals surface area contributed by atoms with Gasteiger partial charge in [0, 0.05) is 0 Å².